The van der Waals surface area contributed by atoms with Crippen LogP contribution in [0.4, 0.5) is 0 Å². The third-order valence-corrected chi connectivity index (χ3v) is 6.53. The van der Waals surface area contributed by atoms with Crippen molar-refractivity contribution in [2.45, 2.75) is 19.4 Å². The second kappa shape index (κ2) is 8.69. The van der Waals surface area contributed by atoms with Gasteiger partial charge in [-0.15, -0.1) is 0 Å². The summed E-state index contributed by atoms with van der Waals surface area (Å²) >= 11 is 7.21. The molecule has 0 bridgehead atoms. The van der Waals surface area contributed by atoms with Gasteiger partial charge in [-0.3, -0.25) is 14.6 Å². The molecule has 1 atom stereocenters. The molecule has 0 N–H and O–H groups in total. The summed E-state index contributed by atoms with van der Waals surface area (Å²) in [6.45, 7) is 2.05. The van der Waals surface area contributed by atoms with E-state index in [1.807, 2.05) is 30.3 Å². The van der Waals surface area contributed by atoms with Crippen LogP contribution in [0, 0.1) is 0 Å². The lowest BCUT2D eigenvalue weighted by Gasteiger charge is -2.13. The van der Waals surface area contributed by atoms with Gasteiger partial charge in [-0.1, -0.05) is 35.1 Å². The molecule has 1 unspecified atom stereocenters. The van der Waals surface area contributed by atoms with Gasteiger partial charge in [0, 0.05) is 28.8 Å². The Bertz CT molecular complexity index is 1230. The number of halogens is 1. The van der Waals surface area contributed by atoms with Gasteiger partial charge < -0.3 is 14.0 Å². The molecule has 2 heterocycles. The number of thiazole rings is 1. The number of benzene rings is 2. The van der Waals surface area contributed by atoms with Crippen LogP contribution in [0.3, 0.4) is 0 Å². The van der Waals surface area contributed by atoms with Gasteiger partial charge in [0.05, 0.1) is 42.5 Å². The number of rotatable bonds is 5. The molecule has 4 rings (SSSR count). The van der Waals surface area contributed by atoms with Crippen molar-refractivity contribution >= 4 is 34.6 Å². The number of hydrogen-bond acceptors (Lipinski definition) is 6. The maximum Gasteiger partial charge on any atom is 0.308 e. The second-order valence-electron chi connectivity index (χ2n) is 7.06. The molecule has 0 spiro atoms. The average molecular weight is 457 g/mol. The van der Waals surface area contributed by atoms with Crippen LogP contribution in [-0.2, 0) is 16.6 Å². The highest BCUT2D eigenvalue weighted by atomic mass is 35.5. The Morgan fingerprint density at radius 3 is 2.61 bits per heavy atom. The van der Waals surface area contributed by atoms with Gasteiger partial charge >= 0.3 is 10.8 Å². The fraction of sp³-hybridized carbons (Fsp3) is 0.261. The number of carbonyl (C=O) groups excluding carboxylic acids is 1. The smallest absolute Gasteiger partial charge is 0.308 e. The Kier molecular flexibility index (Phi) is 5.98. The summed E-state index contributed by atoms with van der Waals surface area (Å²) in [4.78, 5) is 30.6. The summed E-state index contributed by atoms with van der Waals surface area (Å²) in [5, 5.41) is 0.619. The number of hydrogen-bond donors (Lipinski definition) is 0. The van der Waals surface area contributed by atoms with Crippen LogP contribution in [0.15, 0.2) is 52.3 Å². The van der Waals surface area contributed by atoms with Gasteiger partial charge in [-0.05, 0) is 37.3 Å². The number of esters is 1. The third-order valence-electron chi connectivity index (χ3n) is 5.15. The second-order valence-corrected chi connectivity index (χ2v) is 8.49. The lowest BCUT2D eigenvalue weighted by atomic mass is 9.95. The molecule has 0 radical (unpaired) electrons. The Balaban J connectivity index is 2.00. The van der Waals surface area contributed by atoms with E-state index < -0.39 is 6.04 Å². The van der Waals surface area contributed by atoms with E-state index in [1.54, 1.807) is 37.8 Å². The predicted octanol–water partition coefficient (Wildman–Crippen LogP) is 4.62. The average Bonchev–Trinajstić information content (AvgIpc) is 2.98. The first-order chi connectivity index (χ1) is 14.9. The van der Waals surface area contributed by atoms with Crippen molar-refractivity contribution in [2.75, 3.05) is 13.7 Å². The normalized spacial score (nSPS) is 14.8. The SMILES string of the molecule is CCOC(=O)CC1N=C(c2ccc(Cl)cc2)c2cc(OC)ccc2-c2c1sc(=O)n2C. The van der Waals surface area contributed by atoms with Crippen LogP contribution < -0.4 is 9.61 Å². The Labute approximate surface area is 188 Å². The summed E-state index contributed by atoms with van der Waals surface area (Å²) < 4.78 is 12.3. The molecule has 1 aliphatic heterocycles. The van der Waals surface area contributed by atoms with Crippen LogP contribution in [-0.4, -0.2) is 30.0 Å². The minimum absolute atomic E-state index is 0.0446. The van der Waals surface area contributed by atoms with Crippen LogP contribution in [0.1, 0.15) is 35.4 Å². The fourth-order valence-electron chi connectivity index (χ4n) is 3.70. The standard InChI is InChI=1S/C23H21ClN2O4S/c1-4-30-19(27)12-18-22-21(26(2)23(28)31-22)16-10-9-15(29-3)11-17(16)20(25-18)13-5-7-14(24)8-6-13/h5-11,18H,4,12H2,1-3H3. The van der Waals surface area contributed by atoms with Crippen molar-refractivity contribution in [3.63, 3.8) is 0 Å². The van der Waals surface area contributed by atoms with Crippen molar-refractivity contribution in [3.8, 4) is 17.0 Å². The summed E-state index contributed by atoms with van der Waals surface area (Å²) in [5.41, 5.74) is 4.00. The Morgan fingerprint density at radius 1 is 1.19 bits per heavy atom. The zero-order valence-electron chi connectivity index (χ0n) is 17.3. The van der Waals surface area contributed by atoms with Crippen LogP contribution in [0.25, 0.3) is 11.3 Å². The maximum atomic E-state index is 12.6. The zero-order valence-corrected chi connectivity index (χ0v) is 18.9. The van der Waals surface area contributed by atoms with Gasteiger partial charge in [-0.2, -0.15) is 0 Å². The number of methoxy groups -OCH3 is 1. The molecule has 1 aliphatic rings. The van der Waals surface area contributed by atoms with Crippen molar-refractivity contribution in [1.29, 1.82) is 0 Å². The van der Waals surface area contributed by atoms with Crippen LogP contribution in [0.2, 0.25) is 5.02 Å². The van der Waals surface area contributed by atoms with E-state index in [0.717, 1.165) is 38.6 Å². The number of carbonyl (C=O) groups is 1. The minimum atomic E-state index is -0.544. The van der Waals surface area contributed by atoms with Crippen molar-refractivity contribution in [1.82, 2.24) is 4.57 Å². The molecule has 0 fully saturated rings. The fourth-order valence-corrected chi connectivity index (χ4v) is 4.86. The van der Waals surface area contributed by atoms with E-state index in [9.17, 15) is 9.59 Å². The predicted molar refractivity (Wildman–Crippen MR) is 123 cm³/mol. The molecule has 1 aromatic heterocycles. The molecule has 3 aromatic rings. The summed E-state index contributed by atoms with van der Waals surface area (Å²) in [5.74, 6) is 0.315. The zero-order chi connectivity index (χ0) is 22.1. The highest BCUT2D eigenvalue weighted by Gasteiger charge is 2.31. The number of ether oxygens (including phenoxy) is 2. The highest BCUT2D eigenvalue weighted by molar-refractivity contribution is 7.09. The first-order valence-electron chi connectivity index (χ1n) is 9.80. The van der Waals surface area contributed by atoms with Gasteiger partial charge in [0.25, 0.3) is 0 Å². The van der Waals surface area contributed by atoms with Crippen molar-refractivity contribution in [2.24, 2.45) is 12.0 Å². The lowest BCUT2D eigenvalue weighted by molar-refractivity contribution is -0.143. The Morgan fingerprint density at radius 2 is 1.94 bits per heavy atom. The molecule has 8 heteroatoms. The Hall–Kier alpha value is -2.90. The maximum absolute atomic E-state index is 12.6. The van der Waals surface area contributed by atoms with E-state index in [4.69, 9.17) is 26.1 Å². The van der Waals surface area contributed by atoms with Gasteiger partial charge in [0.1, 0.15) is 5.75 Å². The van der Waals surface area contributed by atoms with Crippen LogP contribution in [0.5, 0.6) is 5.75 Å². The molecule has 0 aliphatic carbocycles. The topological polar surface area (TPSA) is 69.9 Å². The molecular formula is C23H21ClN2O4S. The molecule has 0 saturated heterocycles. The minimum Gasteiger partial charge on any atom is -0.497 e. The van der Waals surface area contributed by atoms with Gasteiger partial charge in [0.15, 0.2) is 0 Å². The quantitative estimate of drug-likeness (QED) is 0.525. The molecule has 0 amide bonds. The van der Waals surface area contributed by atoms with Crippen molar-refractivity contribution < 1.29 is 14.3 Å². The molecule has 6 nitrogen and oxygen atoms in total. The summed E-state index contributed by atoms with van der Waals surface area (Å²) in [7, 11) is 3.34. The third kappa shape index (κ3) is 4.03. The summed E-state index contributed by atoms with van der Waals surface area (Å²) in [6, 6.07) is 12.5. The number of aromatic nitrogens is 1. The molecular weight excluding hydrogens is 436 g/mol. The monoisotopic (exact) mass is 456 g/mol. The number of nitrogens with zero attached hydrogens (tertiary/aromatic N) is 2. The molecule has 160 valence electrons. The number of fused-ring (bicyclic) bond motifs is 3. The van der Waals surface area contributed by atoms with E-state index in [0.29, 0.717) is 16.5 Å². The molecule has 31 heavy (non-hydrogen) atoms. The highest BCUT2D eigenvalue weighted by Crippen LogP contribution is 2.41. The molecule has 0 saturated carbocycles. The van der Waals surface area contributed by atoms with E-state index >= 15 is 0 Å². The first-order valence-corrected chi connectivity index (χ1v) is 11.0. The van der Waals surface area contributed by atoms with Gasteiger partial charge in [-0.25, -0.2) is 0 Å². The van der Waals surface area contributed by atoms with Crippen molar-refractivity contribution in [3.05, 3.63) is 73.2 Å². The van der Waals surface area contributed by atoms with E-state index in [2.05, 4.69) is 0 Å². The van der Waals surface area contributed by atoms with Gasteiger partial charge in [0.2, 0.25) is 0 Å². The lowest BCUT2D eigenvalue weighted by Crippen LogP contribution is -2.11. The molecule has 2 aromatic carbocycles. The largest absolute Gasteiger partial charge is 0.497 e. The van der Waals surface area contributed by atoms with E-state index in [1.165, 1.54) is 0 Å². The number of aliphatic imine (C=N–C) groups is 1. The first kappa shape index (κ1) is 21.3. The summed E-state index contributed by atoms with van der Waals surface area (Å²) in [6.07, 6.45) is 0.0446. The van der Waals surface area contributed by atoms with E-state index in [-0.39, 0.29) is 23.9 Å². The van der Waals surface area contributed by atoms with Crippen LogP contribution >= 0.6 is 22.9 Å².